The van der Waals surface area contributed by atoms with Crippen LogP contribution in [0.15, 0.2) is 24.3 Å². The second-order valence-corrected chi connectivity index (χ2v) is 6.18. The van der Waals surface area contributed by atoms with Crippen LogP contribution in [0.1, 0.15) is 42.7 Å². The summed E-state index contributed by atoms with van der Waals surface area (Å²) in [5, 5.41) is 12.9. The van der Waals surface area contributed by atoms with Crippen molar-refractivity contribution in [2.24, 2.45) is 5.92 Å². The molecule has 1 aromatic rings. The molecule has 0 aliphatic heterocycles. The van der Waals surface area contributed by atoms with Gasteiger partial charge in [0, 0.05) is 6.04 Å². The summed E-state index contributed by atoms with van der Waals surface area (Å²) in [6.45, 7) is 3.27. The quantitative estimate of drug-likeness (QED) is 0.854. The van der Waals surface area contributed by atoms with E-state index < -0.39 is 0 Å². The van der Waals surface area contributed by atoms with Crippen LogP contribution in [0.4, 0.5) is 0 Å². The first-order valence-electron chi connectivity index (χ1n) is 7.18. The van der Waals surface area contributed by atoms with Gasteiger partial charge in [-0.1, -0.05) is 29.8 Å². The average molecular weight is 245 g/mol. The molecule has 1 aromatic carbocycles. The van der Waals surface area contributed by atoms with Crippen LogP contribution in [0.2, 0.25) is 0 Å². The van der Waals surface area contributed by atoms with Gasteiger partial charge in [-0.15, -0.1) is 0 Å². The predicted octanol–water partition coefficient (Wildman–Crippen LogP) is 2.60. The zero-order valence-corrected chi connectivity index (χ0v) is 11.1. The normalized spacial score (nSPS) is 34.8. The van der Waals surface area contributed by atoms with Crippen LogP contribution >= 0.6 is 0 Å². The lowest BCUT2D eigenvalue weighted by Crippen LogP contribution is -2.45. The fourth-order valence-electron chi connectivity index (χ4n) is 3.18. The number of hydrogen-bond donors (Lipinski definition) is 2. The number of aliphatic hydroxyl groups is 1. The van der Waals surface area contributed by atoms with Gasteiger partial charge in [0.2, 0.25) is 0 Å². The van der Waals surface area contributed by atoms with Crippen LogP contribution in [0.3, 0.4) is 0 Å². The van der Waals surface area contributed by atoms with Crippen LogP contribution in [0, 0.1) is 12.8 Å². The van der Waals surface area contributed by atoms with Crippen molar-refractivity contribution in [3.63, 3.8) is 0 Å². The minimum atomic E-state index is -0.0155. The van der Waals surface area contributed by atoms with Gasteiger partial charge in [0.1, 0.15) is 0 Å². The summed E-state index contributed by atoms with van der Waals surface area (Å²) < 4.78 is 0. The highest BCUT2D eigenvalue weighted by Gasteiger charge is 2.32. The van der Waals surface area contributed by atoms with Gasteiger partial charge in [0.05, 0.1) is 6.10 Å². The van der Waals surface area contributed by atoms with Crippen LogP contribution in [0.25, 0.3) is 0 Å². The summed E-state index contributed by atoms with van der Waals surface area (Å²) in [7, 11) is 0. The Kier molecular flexibility index (Phi) is 3.40. The summed E-state index contributed by atoms with van der Waals surface area (Å²) in [5.41, 5.74) is 2.87. The van der Waals surface area contributed by atoms with Crippen LogP contribution in [-0.4, -0.2) is 23.8 Å². The maximum Gasteiger partial charge on any atom is 0.0546 e. The number of hydrogen-bond acceptors (Lipinski definition) is 2. The lowest BCUT2D eigenvalue weighted by molar-refractivity contribution is 0.0400. The first-order valence-corrected chi connectivity index (χ1v) is 7.18. The summed E-state index contributed by atoms with van der Waals surface area (Å²) in [6, 6.07) is 9.62. The Morgan fingerprint density at radius 3 is 2.67 bits per heavy atom. The van der Waals surface area contributed by atoms with E-state index in [2.05, 4.69) is 36.5 Å². The van der Waals surface area contributed by atoms with E-state index >= 15 is 0 Å². The number of aryl methyl sites for hydroxylation is 1. The predicted molar refractivity (Wildman–Crippen MR) is 73.7 cm³/mol. The number of aliphatic hydroxyl groups excluding tert-OH is 1. The van der Waals surface area contributed by atoms with Gasteiger partial charge in [-0.05, 0) is 56.6 Å². The van der Waals surface area contributed by atoms with Gasteiger partial charge < -0.3 is 10.4 Å². The number of nitrogens with one attached hydrogen (secondary N) is 1. The summed E-state index contributed by atoms with van der Waals surface area (Å²) in [6.07, 6.45) is 4.54. The van der Waals surface area contributed by atoms with Crippen molar-refractivity contribution in [3.8, 4) is 0 Å². The van der Waals surface area contributed by atoms with E-state index in [1.807, 2.05) is 0 Å². The van der Waals surface area contributed by atoms with E-state index in [0.29, 0.717) is 6.04 Å². The van der Waals surface area contributed by atoms with Crippen LogP contribution < -0.4 is 5.32 Å². The van der Waals surface area contributed by atoms with E-state index in [1.165, 1.54) is 24.0 Å². The average Bonchev–Trinajstić information content (AvgIpc) is 2.24. The molecule has 98 valence electrons. The Labute approximate surface area is 109 Å². The molecule has 2 aliphatic rings. The minimum Gasteiger partial charge on any atom is -0.393 e. The van der Waals surface area contributed by atoms with Crippen molar-refractivity contribution in [3.05, 3.63) is 35.4 Å². The van der Waals surface area contributed by atoms with Crippen LogP contribution in [-0.2, 0) is 0 Å². The molecule has 0 unspecified atom stereocenters. The molecule has 2 fully saturated rings. The first-order chi connectivity index (χ1) is 8.70. The van der Waals surface area contributed by atoms with E-state index in [9.17, 15) is 5.11 Å². The molecule has 2 N–H and O–H groups in total. The van der Waals surface area contributed by atoms with Crippen molar-refractivity contribution < 1.29 is 5.11 Å². The van der Waals surface area contributed by atoms with Crippen molar-refractivity contribution in [2.45, 2.75) is 50.7 Å². The summed E-state index contributed by atoms with van der Waals surface area (Å²) >= 11 is 0. The number of rotatable bonds is 4. The second kappa shape index (κ2) is 5.02. The minimum absolute atomic E-state index is 0.0155. The highest BCUT2D eigenvalue weighted by molar-refractivity contribution is 5.27. The SMILES string of the molecule is Cc1cccc(C2CC(NCC3CC(O)C3)C2)c1. The first kappa shape index (κ1) is 12.2. The third-order valence-corrected chi connectivity index (χ3v) is 4.56. The molecule has 2 aliphatic carbocycles. The molecule has 0 saturated heterocycles. The van der Waals surface area contributed by atoms with Gasteiger partial charge in [-0.25, -0.2) is 0 Å². The highest BCUT2D eigenvalue weighted by atomic mass is 16.3. The van der Waals surface area contributed by atoms with Gasteiger partial charge in [-0.3, -0.25) is 0 Å². The zero-order chi connectivity index (χ0) is 12.5. The maximum atomic E-state index is 9.24. The summed E-state index contributed by atoms with van der Waals surface area (Å²) in [5.74, 6) is 1.48. The molecule has 0 amide bonds. The van der Waals surface area contributed by atoms with Gasteiger partial charge in [-0.2, -0.15) is 0 Å². The maximum absolute atomic E-state index is 9.24. The molecule has 0 spiro atoms. The second-order valence-electron chi connectivity index (χ2n) is 6.18. The molecule has 0 radical (unpaired) electrons. The standard InChI is InChI=1S/C16H23NO/c1-11-3-2-4-13(5-11)14-8-15(9-14)17-10-12-6-16(18)7-12/h2-5,12,14-18H,6-10H2,1H3. The molecule has 0 aromatic heterocycles. The monoisotopic (exact) mass is 245 g/mol. The Morgan fingerprint density at radius 1 is 1.22 bits per heavy atom. The third-order valence-electron chi connectivity index (χ3n) is 4.56. The fraction of sp³-hybridized carbons (Fsp3) is 0.625. The Morgan fingerprint density at radius 2 is 2.00 bits per heavy atom. The molecule has 0 bridgehead atoms. The van der Waals surface area contributed by atoms with Gasteiger partial charge >= 0.3 is 0 Å². The summed E-state index contributed by atoms with van der Waals surface area (Å²) in [4.78, 5) is 0. The third kappa shape index (κ3) is 2.60. The molecule has 2 heteroatoms. The topological polar surface area (TPSA) is 32.3 Å². The van der Waals surface area contributed by atoms with E-state index in [4.69, 9.17) is 0 Å². The fourth-order valence-corrected chi connectivity index (χ4v) is 3.18. The van der Waals surface area contributed by atoms with E-state index in [-0.39, 0.29) is 6.10 Å². The molecular weight excluding hydrogens is 222 g/mol. The lowest BCUT2D eigenvalue weighted by atomic mass is 9.75. The Bertz CT molecular complexity index is 405. The Balaban J connectivity index is 1.40. The zero-order valence-electron chi connectivity index (χ0n) is 11.1. The molecule has 3 rings (SSSR count). The van der Waals surface area contributed by atoms with Crippen molar-refractivity contribution in [1.29, 1.82) is 0 Å². The molecule has 0 atom stereocenters. The molecule has 2 nitrogen and oxygen atoms in total. The van der Waals surface area contributed by atoms with E-state index in [0.717, 1.165) is 31.2 Å². The van der Waals surface area contributed by atoms with E-state index in [1.54, 1.807) is 0 Å². The lowest BCUT2D eigenvalue weighted by Gasteiger charge is -2.39. The van der Waals surface area contributed by atoms with Crippen molar-refractivity contribution >= 4 is 0 Å². The van der Waals surface area contributed by atoms with Crippen LogP contribution in [0.5, 0.6) is 0 Å². The molecule has 18 heavy (non-hydrogen) atoms. The smallest absolute Gasteiger partial charge is 0.0546 e. The van der Waals surface area contributed by atoms with Crippen molar-refractivity contribution in [2.75, 3.05) is 6.54 Å². The largest absolute Gasteiger partial charge is 0.393 e. The highest BCUT2D eigenvalue weighted by Crippen LogP contribution is 2.37. The molecule has 2 saturated carbocycles. The van der Waals surface area contributed by atoms with Gasteiger partial charge in [0.15, 0.2) is 0 Å². The molecule has 0 heterocycles. The molecular formula is C16H23NO. The van der Waals surface area contributed by atoms with Crippen molar-refractivity contribution in [1.82, 2.24) is 5.32 Å². The number of benzene rings is 1. The van der Waals surface area contributed by atoms with Gasteiger partial charge in [0.25, 0.3) is 0 Å². The Hall–Kier alpha value is -0.860.